The normalized spacial score (nSPS) is 11.5. The maximum absolute atomic E-state index is 5.68. The van der Waals surface area contributed by atoms with Gasteiger partial charge in [-0.1, -0.05) is 6.92 Å². The second-order valence-corrected chi connectivity index (χ2v) is 4.63. The van der Waals surface area contributed by atoms with Gasteiger partial charge in [-0.25, -0.2) is 4.68 Å². The molecule has 2 rings (SSSR count). The lowest BCUT2D eigenvalue weighted by molar-refractivity contribution is 0.541. The van der Waals surface area contributed by atoms with E-state index in [0.29, 0.717) is 11.9 Å². The molecule has 0 bridgehead atoms. The van der Waals surface area contributed by atoms with Crippen LogP contribution in [0.1, 0.15) is 27.2 Å². The SMILES string of the molecule is CCC(C)(C)Nc1nc(N)nc(-n2cccn2)n1. The van der Waals surface area contributed by atoms with Crippen LogP contribution in [0.5, 0.6) is 0 Å². The molecule has 0 spiro atoms. The van der Waals surface area contributed by atoms with Crippen LogP contribution < -0.4 is 11.1 Å². The Kier molecular flexibility index (Phi) is 3.14. The Labute approximate surface area is 105 Å². The number of nitrogens with two attached hydrogens (primary N) is 1. The number of hydrogen-bond acceptors (Lipinski definition) is 6. The standard InChI is InChI=1S/C11H17N7/c1-4-11(2,3)17-9-14-8(12)15-10(16-9)18-7-5-6-13-18/h5-7H,4H2,1-3H3,(H3,12,14,15,16,17). The van der Waals surface area contributed by atoms with Crippen molar-refractivity contribution >= 4 is 11.9 Å². The van der Waals surface area contributed by atoms with Crippen molar-refractivity contribution in [1.29, 1.82) is 0 Å². The van der Waals surface area contributed by atoms with E-state index in [2.05, 4.69) is 46.1 Å². The van der Waals surface area contributed by atoms with Crippen molar-refractivity contribution in [3.8, 4) is 5.95 Å². The first-order valence-corrected chi connectivity index (χ1v) is 5.80. The molecule has 0 aromatic carbocycles. The van der Waals surface area contributed by atoms with Crippen molar-refractivity contribution in [2.45, 2.75) is 32.7 Å². The molecule has 0 unspecified atom stereocenters. The number of nitrogens with one attached hydrogen (secondary N) is 1. The van der Waals surface area contributed by atoms with E-state index in [1.807, 2.05) is 0 Å². The molecule has 18 heavy (non-hydrogen) atoms. The van der Waals surface area contributed by atoms with Gasteiger partial charge >= 0.3 is 0 Å². The van der Waals surface area contributed by atoms with E-state index in [1.165, 1.54) is 0 Å². The molecule has 0 aliphatic heterocycles. The van der Waals surface area contributed by atoms with E-state index in [9.17, 15) is 0 Å². The zero-order chi connectivity index (χ0) is 13.2. The maximum Gasteiger partial charge on any atom is 0.257 e. The molecule has 7 nitrogen and oxygen atoms in total. The highest BCUT2D eigenvalue weighted by Gasteiger charge is 2.17. The Bertz CT molecular complexity index is 518. The average Bonchev–Trinajstić information content (AvgIpc) is 2.81. The van der Waals surface area contributed by atoms with Gasteiger partial charge in [0.1, 0.15) is 0 Å². The van der Waals surface area contributed by atoms with Crippen LogP contribution in [0.2, 0.25) is 0 Å². The van der Waals surface area contributed by atoms with Crippen LogP contribution in [0.15, 0.2) is 18.5 Å². The summed E-state index contributed by atoms with van der Waals surface area (Å²) in [6, 6.07) is 1.79. The van der Waals surface area contributed by atoms with Crippen LogP contribution in [0.4, 0.5) is 11.9 Å². The Morgan fingerprint density at radius 3 is 2.72 bits per heavy atom. The van der Waals surface area contributed by atoms with Gasteiger partial charge in [0.25, 0.3) is 5.95 Å². The lowest BCUT2D eigenvalue weighted by Crippen LogP contribution is -2.31. The Morgan fingerprint density at radius 1 is 1.33 bits per heavy atom. The quantitative estimate of drug-likeness (QED) is 0.844. The summed E-state index contributed by atoms with van der Waals surface area (Å²) < 4.78 is 1.54. The molecule has 0 saturated carbocycles. The molecule has 0 aliphatic rings. The number of anilines is 2. The lowest BCUT2D eigenvalue weighted by atomic mass is 10.0. The molecular weight excluding hydrogens is 230 g/mol. The van der Waals surface area contributed by atoms with Crippen LogP contribution in [-0.2, 0) is 0 Å². The molecule has 0 saturated heterocycles. The molecule has 7 heteroatoms. The van der Waals surface area contributed by atoms with Crippen LogP contribution >= 0.6 is 0 Å². The molecule has 0 aliphatic carbocycles. The predicted octanol–water partition coefficient (Wildman–Crippen LogP) is 1.24. The van der Waals surface area contributed by atoms with Crippen molar-refractivity contribution in [2.24, 2.45) is 0 Å². The Morgan fingerprint density at radius 2 is 2.11 bits per heavy atom. The van der Waals surface area contributed by atoms with Crippen LogP contribution in [0.3, 0.4) is 0 Å². The second kappa shape index (κ2) is 4.59. The van der Waals surface area contributed by atoms with Crippen LogP contribution in [-0.4, -0.2) is 30.3 Å². The fourth-order valence-electron chi connectivity index (χ4n) is 1.32. The summed E-state index contributed by atoms with van der Waals surface area (Å²) >= 11 is 0. The van der Waals surface area contributed by atoms with E-state index in [1.54, 1.807) is 23.1 Å². The smallest absolute Gasteiger partial charge is 0.257 e. The third kappa shape index (κ3) is 2.73. The molecule has 0 amide bonds. The van der Waals surface area contributed by atoms with Crippen molar-refractivity contribution < 1.29 is 0 Å². The average molecular weight is 247 g/mol. The summed E-state index contributed by atoms with van der Waals surface area (Å²) in [5.74, 6) is 1.03. The molecule has 3 N–H and O–H groups in total. The van der Waals surface area contributed by atoms with Gasteiger partial charge in [-0.05, 0) is 26.3 Å². The highest BCUT2D eigenvalue weighted by molar-refractivity contribution is 5.36. The zero-order valence-electron chi connectivity index (χ0n) is 10.8. The highest BCUT2D eigenvalue weighted by atomic mass is 15.4. The minimum atomic E-state index is -0.102. The van der Waals surface area contributed by atoms with Crippen molar-refractivity contribution in [1.82, 2.24) is 24.7 Å². The fraction of sp³-hybridized carbons (Fsp3) is 0.455. The fourth-order valence-corrected chi connectivity index (χ4v) is 1.32. The van der Waals surface area contributed by atoms with Gasteiger partial charge < -0.3 is 11.1 Å². The minimum absolute atomic E-state index is 0.102. The monoisotopic (exact) mass is 247 g/mol. The maximum atomic E-state index is 5.68. The third-order valence-corrected chi connectivity index (χ3v) is 2.68. The van der Waals surface area contributed by atoms with Crippen molar-refractivity contribution in [3.05, 3.63) is 18.5 Å². The lowest BCUT2D eigenvalue weighted by Gasteiger charge is -2.24. The highest BCUT2D eigenvalue weighted by Crippen LogP contribution is 2.15. The zero-order valence-corrected chi connectivity index (χ0v) is 10.8. The third-order valence-electron chi connectivity index (χ3n) is 2.68. The molecule has 0 atom stereocenters. The first-order chi connectivity index (χ1) is 8.50. The summed E-state index contributed by atoms with van der Waals surface area (Å²) in [6.45, 7) is 6.23. The largest absolute Gasteiger partial charge is 0.368 e. The van der Waals surface area contributed by atoms with Gasteiger partial charge in [-0.3, -0.25) is 0 Å². The van der Waals surface area contributed by atoms with Crippen molar-refractivity contribution in [3.63, 3.8) is 0 Å². The molecule has 2 aromatic heterocycles. The minimum Gasteiger partial charge on any atom is -0.368 e. The molecule has 2 heterocycles. The van der Waals surface area contributed by atoms with Gasteiger partial charge in [0.2, 0.25) is 11.9 Å². The summed E-state index contributed by atoms with van der Waals surface area (Å²) in [5.41, 5.74) is 5.58. The van der Waals surface area contributed by atoms with Gasteiger partial charge in [0.15, 0.2) is 0 Å². The van der Waals surface area contributed by atoms with Gasteiger partial charge in [-0.2, -0.15) is 20.1 Å². The Hall–Kier alpha value is -2.18. The number of nitrogen functional groups attached to an aromatic ring is 1. The topological polar surface area (TPSA) is 94.5 Å². The summed E-state index contributed by atoms with van der Waals surface area (Å²) in [4.78, 5) is 12.4. The first kappa shape index (κ1) is 12.3. The molecular formula is C11H17N7. The molecule has 0 fully saturated rings. The van der Waals surface area contributed by atoms with E-state index in [0.717, 1.165) is 6.42 Å². The van der Waals surface area contributed by atoms with Crippen molar-refractivity contribution in [2.75, 3.05) is 11.1 Å². The summed E-state index contributed by atoms with van der Waals surface area (Å²) in [7, 11) is 0. The van der Waals surface area contributed by atoms with Gasteiger partial charge in [-0.15, -0.1) is 0 Å². The van der Waals surface area contributed by atoms with E-state index >= 15 is 0 Å². The van der Waals surface area contributed by atoms with Gasteiger partial charge in [0, 0.05) is 17.9 Å². The van der Waals surface area contributed by atoms with Crippen LogP contribution in [0.25, 0.3) is 5.95 Å². The van der Waals surface area contributed by atoms with E-state index in [-0.39, 0.29) is 11.5 Å². The van der Waals surface area contributed by atoms with Gasteiger partial charge in [0.05, 0.1) is 0 Å². The molecule has 2 aromatic rings. The molecule has 0 radical (unpaired) electrons. The van der Waals surface area contributed by atoms with E-state index in [4.69, 9.17) is 5.73 Å². The van der Waals surface area contributed by atoms with Crippen LogP contribution in [0, 0.1) is 0 Å². The summed E-state index contributed by atoms with van der Waals surface area (Å²) in [6.07, 6.45) is 4.35. The molecule has 96 valence electrons. The number of rotatable bonds is 4. The number of nitrogens with zero attached hydrogens (tertiary/aromatic N) is 5. The Balaban J connectivity index is 2.33. The first-order valence-electron chi connectivity index (χ1n) is 5.80. The summed E-state index contributed by atoms with van der Waals surface area (Å²) in [5, 5.41) is 7.29. The number of aromatic nitrogens is 5. The predicted molar refractivity (Wildman–Crippen MR) is 69.4 cm³/mol. The van der Waals surface area contributed by atoms with E-state index < -0.39 is 0 Å². The number of hydrogen-bond donors (Lipinski definition) is 2. The second-order valence-electron chi connectivity index (χ2n) is 4.63.